The second kappa shape index (κ2) is 10.9. The number of methoxy groups -OCH3 is 1. The number of aromatic nitrogens is 6. The van der Waals surface area contributed by atoms with Crippen molar-refractivity contribution < 1.29 is 41.6 Å². The minimum absolute atomic E-state index is 0.0596. The van der Waals surface area contributed by atoms with Crippen LogP contribution < -0.4 is 0 Å². The predicted octanol–water partition coefficient (Wildman–Crippen LogP) is 3.22. The Morgan fingerprint density at radius 2 is 1.82 bits per heavy atom. The molecule has 0 radical (unpaired) electrons. The van der Waals surface area contributed by atoms with Crippen molar-refractivity contribution in [2.75, 3.05) is 13.7 Å². The van der Waals surface area contributed by atoms with Gasteiger partial charge in [-0.2, -0.15) is 13.2 Å². The molecule has 1 aliphatic carbocycles. The topological polar surface area (TPSA) is 120 Å². The minimum Gasteiger partial charge on any atom is -0.394 e. The highest BCUT2D eigenvalue weighted by Gasteiger charge is 2.58. The zero-order valence-electron chi connectivity index (χ0n) is 21.1. The standard InChI is InChI=1S/C24H26ClF5N6O4/c1-39-22-16(8-12-9-36(34-31-12)23(24(28,29)30)6-2-3-7-23)40-17(11-37)21(38)20(22)35-10-15(32-33-35)13-4-5-14(25)19(27)18(13)26/h4-5,9-10,16-17,20-22,37-38H,2-3,6-8,11H2,1H3/t16-,17-,20+,21+,22+/m1/s1. The van der Waals surface area contributed by atoms with E-state index < -0.39 is 65.4 Å². The van der Waals surface area contributed by atoms with Crippen LogP contribution in [0.3, 0.4) is 0 Å². The van der Waals surface area contributed by atoms with E-state index in [1.807, 2.05) is 0 Å². The van der Waals surface area contributed by atoms with Crippen molar-refractivity contribution in [3.63, 3.8) is 0 Å². The van der Waals surface area contributed by atoms with E-state index in [1.165, 1.54) is 30.3 Å². The van der Waals surface area contributed by atoms with Crippen molar-refractivity contribution in [2.24, 2.45) is 0 Å². The van der Waals surface area contributed by atoms with E-state index >= 15 is 0 Å². The van der Waals surface area contributed by atoms with Gasteiger partial charge in [-0.15, -0.1) is 10.2 Å². The number of nitrogens with zero attached hydrogens (tertiary/aromatic N) is 6. The Morgan fingerprint density at radius 3 is 2.48 bits per heavy atom. The molecule has 3 aromatic rings. The van der Waals surface area contributed by atoms with Crippen molar-refractivity contribution in [1.82, 2.24) is 30.0 Å². The Morgan fingerprint density at radius 1 is 1.10 bits per heavy atom. The van der Waals surface area contributed by atoms with Gasteiger partial charge in [-0.25, -0.2) is 18.1 Å². The number of rotatable bonds is 7. The van der Waals surface area contributed by atoms with Crippen molar-refractivity contribution >= 4 is 11.6 Å². The van der Waals surface area contributed by atoms with Gasteiger partial charge >= 0.3 is 6.18 Å². The molecule has 1 saturated carbocycles. The average molecular weight is 593 g/mol. The van der Waals surface area contributed by atoms with Crippen LogP contribution >= 0.6 is 11.6 Å². The highest BCUT2D eigenvalue weighted by atomic mass is 35.5. The molecular formula is C24H26ClF5N6O4. The fraction of sp³-hybridized carbons (Fsp3) is 0.583. The molecule has 5 rings (SSSR count). The lowest BCUT2D eigenvalue weighted by Gasteiger charge is -2.43. The second-order valence-electron chi connectivity index (χ2n) is 9.98. The molecule has 3 heterocycles. The van der Waals surface area contributed by atoms with Gasteiger partial charge in [0, 0.05) is 25.3 Å². The second-order valence-corrected chi connectivity index (χ2v) is 10.4. The normalized spacial score (nSPS) is 26.9. The lowest BCUT2D eigenvalue weighted by molar-refractivity contribution is -0.216. The molecule has 2 fully saturated rings. The Labute approximate surface area is 229 Å². The van der Waals surface area contributed by atoms with Crippen LogP contribution in [0, 0.1) is 11.6 Å². The van der Waals surface area contributed by atoms with Gasteiger partial charge in [0.1, 0.15) is 30.0 Å². The predicted molar refractivity (Wildman–Crippen MR) is 128 cm³/mol. The third kappa shape index (κ3) is 4.87. The Kier molecular flexibility index (Phi) is 7.87. The summed E-state index contributed by atoms with van der Waals surface area (Å²) in [7, 11) is 1.33. The summed E-state index contributed by atoms with van der Waals surface area (Å²) in [5.41, 5.74) is -2.23. The zero-order valence-corrected chi connectivity index (χ0v) is 21.9. The molecule has 2 aliphatic rings. The molecule has 16 heteroatoms. The maximum atomic E-state index is 14.5. The SMILES string of the molecule is CO[C@@H]1[C@@H](n2cc(-c3ccc(Cl)c(F)c3F)nn2)[C@@H](O)[C@@H](CO)O[C@@H]1Cc1cn(C2(C(F)(F)F)CCCC2)nn1. The number of ether oxygens (including phenoxy) is 2. The molecule has 1 aliphatic heterocycles. The molecule has 40 heavy (non-hydrogen) atoms. The highest BCUT2D eigenvalue weighted by Crippen LogP contribution is 2.48. The Balaban J connectivity index is 1.44. The largest absolute Gasteiger partial charge is 0.413 e. The number of hydrogen-bond acceptors (Lipinski definition) is 8. The van der Waals surface area contributed by atoms with E-state index in [0.717, 1.165) is 10.7 Å². The Bertz CT molecular complexity index is 1350. The zero-order chi connectivity index (χ0) is 28.8. The van der Waals surface area contributed by atoms with E-state index in [-0.39, 0.29) is 36.2 Å². The van der Waals surface area contributed by atoms with Gasteiger partial charge in [0.2, 0.25) is 0 Å². The lowest BCUT2D eigenvalue weighted by atomic mass is 9.90. The van der Waals surface area contributed by atoms with E-state index in [9.17, 15) is 32.2 Å². The summed E-state index contributed by atoms with van der Waals surface area (Å²) >= 11 is 5.63. The van der Waals surface area contributed by atoms with Crippen LogP contribution in [-0.2, 0) is 21.4 Å². The summed E-state index contributed by atoms with van der Waals surface area (Å²) in [5, 5.41) is 36.1. The molecule has 0 amide bonds. The van der Waals surface area contributed by atoms with Gasteiger partial charge in [0.15, 0.2) is 17.2 Å². The molecule has 218 valence electrons. The first kappa shape index (κ1) is 28.8. The summed E-state index contributed by atoms with van der Waals surface area (Å²) < 4.78 is 84.1. The first-order chi connectivity index (χ1) is 19.0. The lowest BCUT2D eigenvalue weighted by Crippen LogP contribution is -2.57. The van der Waals surface area contributed by atoms with Crippen LogP contribution in [0.1, 0.15) is 37.4 Å². The van der Waals surface area contributed by atoms with E-state index in [1.54, 1.807) is 0 Å². The van der Waals surface area contributed by atoms with Gasteiger partial charge in [0.05, 0.1) is 29.6 Å². The quantitative estimate of drug-likeness (QED) is 0.317. The molecule has 2 N–H and O–H groups in total. The molecule has 1 saturated heterocycles. The van der Waals surface area contributed by atoms with Gasteiger partial charge in [-0.3, -0.25) is 0 Å². The van der Waals surface area contributed by atoms with E-state index in [2.05, 4.69) is 20.6 Å². The molecule has 0 spiro atoms. The van der Waals surface area contributed by atoms with Crippen LogP contribution in [0.2, 0.25) is 5.02 Å². The fourth-order valence-electron chi connectivity index (χ4n) is 5.61. The summed E-state index contributed by atoms with van der Waals surface area (Å²) in [5.74, 6) is -2.49. The summed E-state index contributed by atoms with van der Waals surface area (Å²) in [6.07, 6.45) is -5.85. The van der Waals surface area contributed by atoms with Crippen molar-refractivity contribution in [2.45, 2.75) is 74.3 Å². The van der Waals surface area contributed by atoms with Gasteiger partial charge in [0.25, 0.3) is 0 Å². The van der Waals surface area contributed by atoms with Crippen LogP contribution in [0.5, 0.6) is 0 Å². The summed E-state index contributed by atoms with van der Waals surface area (Å²) in [6, 6.07) is 1.35. The van der Waals surface area contributed by atoms with Gasteiger partial charge in [-0.1, -0.05) is 34.9 Å². The average Bonchev–Trinajstić information content (AvgIpc) is 3.69. The van der Waals surface area contributed by atoms with Gasteiger partial charge in [-0.05, 0) is 25.0 Å². The summed E-state index contributed by atoms with van der Waals surface area (Å²) in [4.78, 5) is 0. The number of benzene rings is 1. The summed E-state index contributed by atoms with van der Waals surface area (Å²) in [6.45, 7) is -0.604. The Hall–Kier alpha value is -2.72. The molecular weight excluding hydrogens is 567 g/mol. The third-order valence-electron chi connectivity index (χ3n) is 7.71. The minimum atomic E-state index is -4.51. The molecule has 2 aromatic heterocycles. The van der Waals surface area contributed by atoms with E-state index in [0.29, 0.717) is 12.8 Å². The first-order valence-corrected chi connectivity index (χ1v) is 12.9. The fourth-order valence-corrected chi connectivity index (χ4v) is 5.76. The monoisotopic (exact) mass is 592 g/mol. The maximum absolute atomic E-state index is 14.5. The highest BCUT2D eigenvalue weighted by molar-refractivity contribution is 6.30. The van der Waals surface area contributed by atoms with E-state index in [4.69, 9.17) is 21.1 Å². The molecule has 1 aromatic carbocycles. The first-order valence-electron chi connectivity index (χ1n) is 12.5. The van der Waals surface area contributed by atoms with Crippen LogP contribution in [0.15, 0.2) is 24.5 Å². The number of aliphatic hydroxyl groups is 2. The number of hydrogen-bond donors (Lipinski definition) is 2. The molecule has 10 nitrogen and oxygen atoms in total. The van der Waals surface area contributed by atoms with Crippen molar-refractivity contribution in [3.05, 3.63) is 46.9 Å². The number of halogens is 6. The van der Waals surface area contributed by atoms with Crippen molar-refractivity contribution in [1.29, 1.82) is 0 Å². The maximum Gasteiger partial charge on any atom is 0.413 e. The molecule has 5 atom stereocenters. The third-order valence-corrected chi connectivity index (χ3v) is 8.00. The van der Waals surface area contributed by atoms with Crippen LogP contribution in [0.4, 0.5) is 22.0 Å². The van der Waals surface area contributed by atoms with Gasteiger partial charge < -0.3 is 19.7 Å². The number of alkyl halides is 3. The molecule has 0 bridgehead atoms. The smallest absolute Gasteiger partial charge is 0.394 e. The van der Waals surface area contributed by atoms with Crippen LogP contribution in [0.25, 0.3) is 11.3 Å². The molecule has 0 unspecified atom stereocenters. The van der Waals surface area contributed by atoms with Crippen molar-refractivity contribution in [3.8, 4) is 11.3 Å². The number of aliphatic hydroxyl groups excluding tert-OH is 2. The van der Waals surface area contributed by atoms with Crippen LogP contribution in [-0.4, -0.2) is 84.5 Å².